The van der Waals surface area contributed by atoms with E-state index in [2.05, 4.69) is 0 Å². The van der Waals surface area contributed by atoms with Gasteiger partial charge in [-0.05, 0) is 5.75 Å². The number of rotatable bonds is 2. The van der Waals surface area contributed by atoms with E-state index in [0.29, 0.717) is 10.1 Å². The lowest BCUT2D eigenvalue weighted by Gasteiger charge is -2.10. The Morgan fingerprint density at radius 3 is 2.36 bits per heavy atom. The molecule has 1 amide bonds. The van der Waals surface area contributed by atoms with Gasteiger partial charge in [-0.25, -0.2) is 4.31 Å². The van der Waals surface area contributed by atoms with Gasteiger partial charge >= 0.3 is 9.24 Å². The average molecular weight is 218 g/mol. The van der Waals surface area contributed by atoms with Crippen molar-refractivity contribution in [3.63, 3.8) is 0 Å². The van der Waals surface area contributed by atoms with Crippen molar-refractivity contribution in [3.8, 4) is 0 Å². The van der Waals surface area contributed by atoms with Crippen molar-refractivity contribution in [1.82, 2.24) is 4.31 Å². The van der Waals surface area contributed by atoms with Gasteiger partial charge in [-0.15, -0.1) is 0 Å². The van der Waals surface area contributed by atoms with Crippen LogP contribution in [-0.2, 0) is 9.24 Å². The van der Waals surface area contributed by atoms with Crippen LogP contribution in [0.25, 0.3) is 0 Å². The van der Waals surface area contributed by atoms with Gasteiger partial charge < -0.3 is 0 Å². The van der Waals surface area contributed by atoms with Crippen molar-refractivity contribution >= 4 is 36.9 Å². The molecule has 0 aliphatic carbocycles. The highest BCUT2D eigenvalue weighted by molar-refractivity contribution is 8.17. The molecule has 0 aromatic carbocycles. The van der Waals surface area contributed by atoms with E-state index in [1.165, 1.54) is 0 Å². The summed E-state index contributed by atoms with van der Waals surface area (Å²) < 4.78 is 21.5. The van der Waals surface area contributed by atoms with E-state index < -0.39 is 14.5 Å². The van der Waals surface area contributed by atoms with Crippen LogP contribution in [-0.4, -0.2) is 30.8 Å². The SMILES string of the molecule is CCSC(=O)N(C)S(=O)(=O)Cl. The number of hydrogen-bond acceptors (Lipinski definition) is 4. The lowest BCUT2D eigenvalue weighted by Crippen LogP contribution is -2.26. The van der Waals surface area contributed by atoms with Crippen LogP contribution >= 0.6 is 22.4 Å². The number of thioether (sulfide) groups is 1. The van der Waals surface area contributed by atoms with E-state index >= 15 is 0 Å². The average Bonchev–Trinajstić information content (AvgIpc) is 1.85. The second kappa shape index (κ2) is 4.18. The van der Waals surface area contributed by atoms with Crippen molar-refractivity contribution < 1.29 is 13.2 Å². The number of carbonyl (C=O) groups excluding carboxylic acids is 1. The number of halogens is 1. The van der Waals surface area contributed by atoms with E-state index in [-0.39, 0.29) is 0 Å². The predicted octanol–water partition coefficient (Wildman–Crippen LogP) is 1.27. The molecular weight excluding hydrogens is 210 g/mol. The first-order valence-electron chi connectivity index (χ1n) is 2.75. The van der Waals surface area contributed by atoms with Gasteiger partial charge in [-0.1, -0.05) is 18.7 Å². The summed E-state index contributed by atoms with van der Waals surface area (Å²) in [7, 11) is 2.11. The van der Waals surface area contributed by atoms with Crippen molar-refractivity contribution in [2.24, 2.45) is 0 Å². The Balaban J connectivity index is 4.27. The van der Waals surface area contributed by atoms with Gasteiger partial charge in [0.2, 0.25) is 0 Å². The first-order chi connectivity index (χ1) is 4.89. The molecule has 0 aromatic rings. The normalized spacial score (nSPS) is 11.2. The second-order valence-corrected chi connectivity index (χ2v) is 5.37. The quantitative estimate of drug-likeness (QED) is 0.654. The fourth-order valence-electron chi connectivity index (χ4n) is 0.303. The summed E-state index contributed by atoms with van der Waals surface area (Å²) in [4.78, 5) is 10.8. The monoisotopic (exact) mass is 217 g/mol. The third kappa shape index (κ3) is 3.83. The second-order valence-electron chi connectivity index (χ2n) is 1.61. The van der Waals surface area contributed by atoms with Crippen LogP contribution in [0.5, 0.6) is 0 Å². The summed E-state index contributed by atoms with van der Waals surface area (Å²) in [6, 6.07) is 0. The zero-order valence-corrected chi connectivity index (χ0v) is 8.46. The summed E-state index contributed by atoms with van der Waals surface area (Å²) in [6.45, 7) is 1.75. The molecule has 0 radical (unpaired) electrons. The van der Waals surface area contributed by atoms with Crippen LogP contribution in [0.2, 0.25) is 0 Å². The fourth-order valence-corrected chi connectivity index (χ4v) is 1.67. The van der Waals surface area contributed by atoms with Gasteiger partial charge in [-0.3, -0.25) is 4.79 Å². The molecule has 0 heterocycles. The lowest BCUT2D eigenvalue weighted by atomic mass is 11.0. The first-order valence-corrected chi connectivity index (χ1v) is 6.00. The molecule has 0 N–H and O–H groups in total. The molecule has 0 fully saturated rings. The summed E-state index contributed by atoms with van der Waals surface area (Å²) >= 11 is 0.890. The van der Waals surface area contributed by atoms with E-state index in [1.807, 2.05) is 0 Å². The van der Waals surface area contributed by atoms with Crippen molar-refractivity contribution in [1.29, 1.82) is 0 Å². The number of amides is 1. The summed E-state index contributed by atoms with van der Waals surface area (Å²) in [6.07, 6.45) is 0. The number of hydrogen-bond donors (Lipinski definition) is 0. The van der Waals surface area contributed by atoms with Gasteiger partial charge in [-0.2, -0.15) is 8.42 Å². The molecule has 11 heavy (non-hydrogen) atoms. The molecule has 0 aliphatic heterocycles. The molecule has 0 unspecified atom stereocenters. The van der Waals surface area contributed by atoms with E-state index in [4.69, 9.17) is 10.7 Å². The van der Waals surface area contributed by atoms with E-state index in [9.17, 15) is 13.2 Å². The lowest BCUT2D eigenvalue weighted by molar-refractivity contribution is 0.251. The summed E-state index contributed by atoms with van der Waals surface area (Å²) in [5.74, 6) is 0.523. The standard InChI is InChI=1S/C4H8ClNO3S2/c1-3-10-4(7)6(2)11(5,8)9/h3H2,1-2H3. The summed E-state index contributed by atoms with van der Waals surface area (Å²) in [5, 5.41) is -0.567. The molecule has 0 aromatic heterocycles. The van der Waals surface area contributed by atoms with Crippen molar-refractivity contribution in [2.45, 2.75) is 6.92 Å². The third-order valence-corrected chi connectivity index (χ3v) is 3.22. The maximum atomic E-state index is 10.8. The largest absolute Gasteiger partial charge is 0.324 e. The Morgan fingerprint density at radius 2 is 2.09 bits per heavy atom. The minimum Gasteiger partial charge on any atom is -0.261 e. The fraction of sp³-hybridized carbons (Fsp3) is 0.750. The molecule has 7 heteroatoms. The van der Waals surface area contributed by atoms with Crippen LogP contribution < -0.4 is 0 Å². The molecule has 4 nitrogen and oxygen atoms in total. The van der Waals surface area contributed by atoms with E-state index in [1.54, 1.807) is 6.92 Å². The van der Waals surface area contributed by atoms with Gasteiger partial charge in [0.25, 0.3) is 5.24 Å². The molecule has 0 spiro atoms. The van der Waals surface area contributed by atoms with Crippen LogP contribution in [0.15, 0.2) is 0 Å². The molecular formula is C4H8ClNO3S2. The van der Waals surface area contributed by atoms with Crippen LogP contribution in [0.3, 0.4) is 0 Å². The molecule has 66 valence electrons. The number of carbonyl (C=O) groups is 1. The molecule has 0 saturated carbocycles. The topological polar surface area (TPSA) is 54.5 Å². The van der Waals surface area contributed by atoms with Gasteiger partial charge in [0.05, 0.1) is 0 Å². The van der Waals surface area contributed by atoms with Gasteiger partial charge in [0, 0.05) is 17.7 Å². The zero-order chi connectivity index (χ0) is 9.07. The van der Waals surface area contributed by atoms with Crippen LogP contribution in [0.4, 0.5) is 4.79 Å². The molecule has 0 saturated heterocycles. The molecule has 0 bridgehead atoms. The minimum atomic E-state index is -3.89. The molecule has 0 aliphatic rings. The number of nitrogens with zero attached hydrogens (tertiary/aromatic N) is 1. The highest BCUT2D eigenvalue weighted by atomic mass is 35.7. The zero-order valence-electron chi connectivity index (χ0n) is 6.07. The highest BCUT2D eigenvalue weighted by Gasteiger charge is 2.19. The van der Waals surface area contributed by atoms with Gasteiger partial charge in [0.1, 0.15) is 0 Å². The predicted molar refractivity (Wildman–Crippen MR) is 46.1 cm³/mol. The van der Waals surface area contributed by atoms with Crippen LogP contribution in [0, 0.1) is 0 Å². The van der Waals surface area contributed by atoms with Gasteiger partial charge in [0.15, 0.2) is 0 Å². The summed E-state index contributed by atoms with van der Waals surface area (Å²) in [5.41, 5.74) is 0. The Labute approximate surface area is 74.4 Å². The maximum absolute atomic E-state index is 10.8. The van der Waals surface area contributed by atoms with Crippen LogP contribution in [0.1, 0.15) is 6.92 Å². The highest BCUT2D eigenvalue weighted by Crippen LogP contribution is 2.12. The molecule has 0 rings (SSSR count). The first kappa shape index (κ1) is 11.1. The maximum Gasteiger partial charge on any atom is 0.324 e. The van der Waals surface area contributed by atoms with Crippen molar-refractivity contribution in [3.05, 3.63) is 0 Å². The Morgan fingerprint density at radius 1 is 1.64 bits per heavy atom. The third-order valence-electron chi connectivity index (χ3n) is 0.852. The molecule has 0 atom stereocenters. The Hall–Kier alpha value is 0.0600. The smallest absolute Gasteiger partial charge is 0.261 e. The van der Waals surface area contributed by atoms with Crippen molar-refractivity contribution in [2.75, 3.05) is 12.8 Å². The van der Waals surface area contributed by atoms with E-state index in [0.717, 1.165) is 18.8 Å². The Bertz CT molecular complexity index is 238. The Kier molecular flexibility index (Phi) is 4.20. The minimum absolute atomic E-state index is 0.503.